The van der Waals surface area contributed by atoms with Crippen molar-refractivity contribution in [2.75, 3.05) is 0 Å². The number of sulfonamides is 1. The lowest BCUT2D eigenvalue weighted by Gasteiger charge is -2.41. The normalized spacial score (nSPS) is 29.7. The van der Waals surface area contributed by atoms with E-state index in [0.717, 1.165) is 32.2 Å². The quantitative estimate of drug-likeness (QED) is 0.527. The highest BCUT2D eigenvalue weighted by atomic mass is 32.2. The molecule has 1 amide bonds. The molecule has 1 unspecified atom stereocenters. The van der Waals surface area contributed by atoms with Crippen LogP contribution in [0.3, 0.4) is 0 Å². The molecular weight excluding hydrogens is 528 g/mol. The summed E-state index contributed by atoms with van der Waals surface area (Å²) in [6, 6.07) is 14.0. The summed E-state index contributed by atoms with van der Waals surface area (Å²) in [6.07, 6.45) is 1.86. The molecule has 6 rings (SSSR count). The molecule has 2 N–H and O–H groups in total. The number of rotatable bonds is 7. The van der Waals surface area contributed by atoms with Gasteiger partial charge in [-0.1, -0.05) is 30.3 Å². The predicted molar refractivity (Wildman–Crippen MR) is 140 cm³/mol. The zero-order valence-electron chi connectivity index (χ0n) is 21.5. The molecule has 3 fully saturated rings. The SMILES string of the molecule is O=C(NC1C[C@H]2CC[C@@H](C1)N2S(=O)(=O)C1CCC(NCc2ccccc2)CC1)c1ccc2c(c1)OC(F)(F)O2. The Morgan fingerprint density at radius 2 is 1.56 bits per heavy atom. The minimum Gasteiger partial charge on any atom is -0.395 e. The Hall–Kier alpha value is -2.76. The van der Waals surface area contributed by atoms with Crippen molar-refractivity contribution in [1.29, 1.82) is 0 Å². The molecule has 2 bridgehead atoms. The van der Waals surface area contributed by atoms with E-state index in [1.54, 1.807) is 4.31 Å². The summed E-state index contributed by atoms with van der Waals surface area (Å²) in [7, 11) is -3.44. The number of fused-ring (bicyclic) bond motifs is 3. The number of benzene rings is 2. The highest BCUT2D eigenvalue weighted by Gasteiger charge is 2.50. The summed E-state index contributed by atoms with van der Waals surface area (Å²) in [4.78, 5) is 12.9. The maximum absolute atomic E-state index is 13.7. The van der Waals surface area contributed by atoms with Gasteiger partial charge in [-0.3, -0.25) is 4.79 Å². The van der Waals surface area contributed by atoms with Gasteiger partial charge in [-0.05, 0) is 75.1 Å². The van der Waals surface area contributed by atoms with E-state index in [0.29, 0.717) is 31.7 Å². The molecule has 3 atom stereocenters. The molecule has 0 radical (unpaired) electrons. The van der Waals surface area contributed by atoms with E-state index < -0.39 is 22.2 Å². The predicted octanol–water partition coefficient (Wildman–Crippen LogP) is 4.16. The van der Waals surface area contributed by atoms with Gasteiger partial charge in [0.1, 0.15) is 0 Å². The minimum atomic E-state index is -3.74. The van der Waals surface area contributed by atoms with E-state index in [9.17, 15) is 22.0 Å². The largest absolute Gasteiger partial charge is 0.586 e. The Morgan fingerprint density at radius 1 is 0.897 bits per heavy atom. The van der Waals surface area contributed by atoms with Crippen LogP contribution < -0.4 is 20.1 Å². The second-order valence-electron chi connectivity index (χ2n) is 11.1. The lowest BCUT2D eigenvalue weighted by molar-refractivity contribution is -0.286. The van der Waals surface area contributed by atoms with Crippen LogP contribution in [0.25, 0.3) is 0 Å². The van der Waals surface area contributed by atoms with Gasteiger partial charge in [-0.25, -0.2) is 8.42 Å². The van der Waals surface area contributed by atoms with Gasteiger partial charge in [0.2, 0.25) is 10.0 Å². The molecule has 3 heterocycles. The Morgan fingerprint density at radius 3 is 2.26 bits per heavy atom. The Labute approximate surface area is 227 Å². The van der Waals surface area contributed by atoms with Crippen molar-refractivity contribution in [2.45, 2.75) is 93.6 Å². The van der Waals surface area contributed by atoms with Crippen molar-refractivity contribution in [2.24, 2.45) is 0 Å². The van der Waals surface area contributed by atoms with Crippen molar-refractivity contribution in [3.05, 3.63) is 59.7 Å². The highest BCUT2D eigenvalue weighted by molar-refractivity contribution is 7.89. The number of carbonyl (C=O) groups excluding carboxylic acids is 1. The van der Waals surface area contributed by atoms with Gasteiger partial charge in [-0.2, -0.15) is 4.31 Å². The number of hydrogen-bond acceptors (Lipinski definition) is 6. The van der Waals surface area contributed by atoms with Crippen LogP contribution in [0, 0.1) is 0 Å². The number of alkyl halides is 2. The fourth-order valence-electron chi connectivity index (χ4n) is 6.62. The zero-order chi connectivity index (χ0) is 27.2. The number of amides is 1. The Bertz CT molecular complexity index is 1300. The molecular formula is C28H33F2N3O5S. The van der Waals surface area contributed by atoms with Crippen LogP contribution in [0.15, 0.2) is 48.5 Å². The summed E-state index contributed by atoms with van der Waals surface area (Å²) >= 11 is 0. The average molecular weight is 562 g/mol. The molecule has 0 spiro atoms. The van der Waals surface area contributed by atoms with Gasteiger partial charge < -0.3 is 20.1 Å². The van der Waals surface area contributed by atoms with Crippen LogP contribution >= 0.6 is 0 Å². The van der Waals surface area contributed by atoms with E-state index in [4.69, 9.17) is 0 Å². The van der Waals surface area contributed by atoms with E-state index in [1.807, 2.05) is 18.2 Å². The first-order valence-corrected chi connectivity index (χ1v) is 15.2. The first-order chi connectivity index (χ1) is 18.7. The molecule has 8 nitrogen and oxygen atoms in total. The smallest absolute Gasteiger partial charge is 0.395 e. The monoisotopic (exact) mass is 561 g/mol. The van der Waals surface area contributed by atoms with Gasteiger partial charge in [-0.15, -0.1) is 8.78 Å². The second kappa shape index (κ2) is 10.3. The Kier molecular flexibility index (Phi) is 7.01. The van der Waals surface area contributed by atoms with Crippen molar-refractivity contribution < 1.29 is 31.5 Å². The van der Waals surface area contributed by atoms with Crippen LogP contribution in [-0.4, -0.2) is 54.3 Å². The fraction of sp³-hybridized carbons (Fsp3) is 0.536. The number of nitrogens with one attached hydrogen (secondary N) is 2. The lowest BCUT2D eigenvalue weighted by Crippen LogP contribution is -2.55. The highest BCUT2D eigenvalue weighted by Crippen LogP contribution is 2.42. The zero-order valence-corrected chi connectivity index (χ0v) is 22.3. The molecule has 0 aromatic heterocycles. The van der Waals surface area contributed by atoms with Gasteiger partial charge in [0.05, 0.1) is 5.25 Å². The molecule has 1 aliphatic carbocycles. The van der Waals surface area contributed by atoms with Gasteiger partial charge in [0, 0.05) is 36.3 Å². The van der Waals surface area contributed by atoms with Crippen LogP contribution in [0.4, 0.5) is 8.78 Å². The first kappa shape index (κ1) is 26.5. The number of halogens is 2. The van der Waals surface area contributed by atoms with Crippen LogP contribution in [0.5, 0.6) is 11.5 Å². The number of ether oxygens (including phenoxy) is 2. The molecule has 4 aliphatic rings. The van der Waals surface area contributed by atoms with Crippen molar-refractivity contribution in [1.82, 2.24) is 14.9 Å². The van der Waals surface area contributed by atoms with E-state index in [-0.39, 0.29) is 40.4 Å². The van der Waals surface area contributed by atoms with Crippen LogP contribution in [0.2, 0.25) is 0 Å². The van der Waals surface area contributed by atoms with Crippen LogP contribution in [-0.2, 0) is 16.6 Å². The second-order valence-corrected chi connectivity index (χ2v) is 13.2. The number of carbonyl (C=O) groups is 1. The van der Waals surface area contributed by atoms with Gasteiger partial charge in [0.25, 0.3) is 5.91 Å². The molecule has 1 saturated carbocycles. The summed E-state index contributed by atoms with van der Waals surface area (Å²) in [5, 5.41) is 6.19. The van der Waals surface area contributed by atoms with Crippen LogP contribution in [0.1, 0.15) is 67.3 Å². The molecule has 3 aliphatic heterocycles. The maximum atomic E-state index is 13.7. The van der Waals surface area contributed by atoms with E-state index >= 15 is 0 Å². The molecule has 11 heteroatoms. The third-order valence-corrected chi connectivity index (χ3v) is 11.0. The third kappa shape index (κ3) is 5.49. The first-order valence-electron chi connectivity index (χ1n) is 13.7. The standard InChI is InChI=1S/C28H33F2N3O5S/c29-28(30)37-25-13-6-19(14-26(25)38-28)27(34)32-21-15-22-9-10-23(16-21)33(22)39(35,36)24-11-7-20(8-12-24)31-17-18-4-2-1-3-5-18/h1-6,13-14,20-24,31H,7-12,15-17H2,(H,32,34)/t20?,21?,22-,23+,24?. The summed E-state index contributed by atoms with van der Waals surface area (Å²) < 4.78 is 64.7. The van der Waals surface area contributed by atoms with Crippen molar-refractivity contribution in [3.8, 4) is 11.5 Å². The number of nitrogens with zero attached hydrogens (tertiary/aromatic N) is 1. The van der Waals surface area contributed by atoms with Crippen molar-refractivity contribution in [3.63, 3.8) is 0 Å². The maximum Gasteiger partial charge on any atom is 0.586 e. The summed E-state index contributed by atoms with van der Waals surface area (Å²) in [5.41, 5.74) is 1.41. The van der Waals surface area contributed by atoms with Gasteiger partial charge >= 0.3 is 6.29 Å². The summed E-state index contributed by atoms with van der Waals surface area (Å²) in [6.45, 7) is 0.783. The molecule has 2 aromatic carbocycles. The molecule has 2 aromatic rings. The topological polar surface area (TPSA) is 97.0 Å². The molecule has 39 heavy (non-hydrogen) atoms. The molecule has 210 valence electrons. The molecule has 2 saturated heterocycles. The lowest BCUT2D eigenvalue weighted by atomic mass is 9.95. The van der Waals surface area contributed by atoms with Gasteiger partial charge in [0.15, 0.2) is 11.5 Å². The Balaban J connectivity index is 1.03. The summed E-state index contributed by atoms with van der Waals surface area (Å²) in [5.74, 6) is -0.702. The number of piperidine rings is 1. The third-order valence-electron chi connectivity index (χ3n) is 8.49. The van der Waals surface area contributed by atoms with E-state index in [2.05, 4.69) is 32.2 Å². The average Bonchev–Trinajstić information content (AvgIpc) is 3.39. The number of hydrogen-bond donors (Lipinski definition) is 2. The fourth-order valence-corrected chi connectivity index (χ4v) is 9.05. The van der Waals surface area contributed by atoms with E-state index in [1.165, 1.54) is 23.8 Å². The minimum absolute atomic E-state index is 0.117. The van der Waals surface area contributed by atoms with Crippen molar-refractivity contribution >= 4 is 15.9 Å².